The summed E-state index contributed by atoms with van der Waals surface area (Å²) in [5, 5.41) is 7.55. The lowest BCUT2D eigenvalue weighted by molar-refractivity contribution is 0.0820. The van der Waals surface area contributed by atoms with E-state index in [2.05, 4.69) is 26.1 Å². The Kier molecular flexibility index (Phi) is 4.29. The van der Waals surface area contributed by atoms with Gasteiger partial charge in [-0.05, 0) is 18.2 Å². The number of benzene rings is 1. The molecule has 0 bridgehead atoms. The minimum atomic E-state index is -0.429. The summed E-state index contributed by atoms with van der Waals surface area (Å²) in [5.74, 6) is -0.213. The van der Waals surface area contributed by atoms with E-state index in [1.165, 1.54) is 29.2 Å². The fourth-order valence-electron chi connectivity index (χ4n) is 1.43. The van der Waals surface area contributed by atoms with E-state index < -0.39 is 5.82 Å². The lowest BCUT2D eigenvalue weighted by atomic mass is 10.3. The Morgan fingerprint density at radius 1 is 1.25 bits per heavy atom. The van der Waals surface area contributed by atoms with Crippen molar-refractivity contribution in [1.29, 1.82) is 0 Å². The minimum absolute atomic E-state index is 0.179. The molecule has 20 heavy (non-hydrogen) atoms. The first-order valence-corrected chi connectivity index (χ1v) is 6.44. The van der Waals surface area contributed by atoms with E-state index in [4.69, 9.17) is 4.74 Å². The molecule has 0 spiro atoms. The van der Waals surface area contributed by atoms with E-state index in [9.17, 15) is 9.18 Å². The Morgan fingerprint density at radius 3 is 2.55 bits per heavy atom. The molecule has 0 atom stereocenters. The largest absolute Gasteiger partial charge is 0.437 e. The monoisotopic (exact) mass is 339 g/mol. The number of carbonyl (C=O) groups is 1. The predicted octanol–water partition coefficient (Wildman–Crippen LogP) is 2.87. The van der Waals surface area contributed by atoms with Gasteiger partial charge in [0.25, 0.3) is 5.91 Å². The maximum atomic E-state index is 13.2. The van der Waals surface area contributed by atoms with Gasteiger partial charge in [-0.3, -0.25) is 4.79 Å². The van der Waals surface area contributed by atoms with Gasteiger partial charge in [-0.25, -0.2) is 4.39 Å². The third kappa shape index (κ3) is 3.51. The van der Waals surface area contributed by atoms with Crippen molar-refractivity contribution in [3.8, 4) is 11.6 Å². The van der Waals surface area contributed by atoms with E-state index in [1.54, 1.807) is 20.2 Å². The molecule has 0 N–H and O–H groups in total. The Morgan fingerprint density at radius 2 is 2.00 bits per heavy atom. The molecule has 1 aromatic heterocycles. The van der Waals surface area contributed by atoms with E-state index in [0.29, 0.717) is 4.47 Å². The second kappa shape index (κ2) is 5.96. The molecular weight excluding hydrogens is 329 g/mol. The van der Waals surface area contributed by atoms with Crippen molar-refractivity contribution in [3.05, 3.63) is 46.3 Å². The molecule has 0 saturated carbocycles. The predicted molar refractivity (Wildman–Crippen MR) is 74.2 cm³/mol. The van der Waals surface area contributed by atoms with Crippen LogP contribution in [0.5, 0.6) is 11.6 Å². The topological polar surface area (TPSA) is 55.3 Å². The van der Waals surface area contributed by atoms with Crippen LogP contribution in [0.25, 0.3) is 0 Å². The zero-order chi connectivity index (χ0) is 14.7. The molecule has 0 aliphatic rings. The average Bonchev–Trinajstić information content (AvgIpc) is 2.37. The summed E-state index contributed by atoms with van der Waals surface area (Å²) in [7, 11) is 3.25. The lowest BCUT2D eigenvalue weighted by Gasteiger charge is -2.09. The molecule has 2 aromatic rings. The third-order valence-corrected chi connectivity index (χ3v) is 2.78. The molecule has 7 heteroatoms. The third-order valence-electron chi connectivity index (χ3n) is 2.32. The van der Waals surface area contributed by atoms with Crippen LogP contribution in [0.1, 0.15) is 10.5 Å². The lowest BCUT2D eigenvalue weighted by Crippen LogP contribution is -2.23. The number of ether oxygens (including phenoxy) is 1. The van der Waals surface area contributed by atoms with Gasteiger partial charge in [0.05, 0.1) is 0 Å². The quantitative estimate of drug-likeness (QED) is 0.862. The Labute approximate surface area is 123 Å². The van der Waals surface area contributed by atoms with Crippen LogP contribution >= 0.6 is 15.9 Å². The van der Waals surface area contributed by atoms with Gasteiger partial charge in [-0.15, -0.1) is 10.2 Å². The number of nitrogens with zero attached hydrogens (tertiary/aromatic N) is 3. The van der Waals surface area contributed by atoms with Gasteiger partial charge in [-0.2, -0.15) is 0 Å². The summed E-state index contributed by atoms with van der Waals surface area (Å²) in [6.07, 6.45) is 0. The molecule has 0 aliphatic heterocycles. The first-order chi connectivity index (χ1) is 9.45. The van der Waals surface area contributed by atoms with Gasteiger partial charge in [0.2, 0.25) is 5.88 Å². The van der Waals surface area contributed by atoms with Gasteiger partial charge in [0, 0.05) is 30.7 Å². The molecule has 0 unspecified atom stereocenters. The van der Waals surface area contributed by atoms with Gasteiger partial charge < -0.3 is 9.64 Å². The highest BCUT2D eigenvalue weighted by molar-refractivity contribution is 9.10. The maximum Gasteiger partial charge on any atom is 0.273 e. The number of hydrogen-bond acceptors (Lipinski definition) is 4. The summed E-state index contributed by atoms with van der Waals surface area (Å²) >= 11 is 3.17. The number of amides is 1. The normalized spacial score (nSPS) is 10.2. The zero-order valence-corrected chi connectivity index (χ0v) is 12.4. The number of hydrogen-bond donors (Lipinski definition) is 0. The fourth-order valence-corrected chi connectivity index (χ4v) is 1.87. The molecule has 2 rings (SSSR count). The summed E-state index contributed by atoms with van der Waals surface area (Å²) in [6.45, 7) is 0. The summed E-state index contributed by atoms with van der Waals surface area (Å²) in [4.78, 5) is 13.0. The van der Waals surface area contributed by atoms with Crippen LogP contribution in [-0.4, -0.2) is 35.1 Å². The van der Waals surface area contributed by atoms with Gasteiger partial charge in [0.15, 0.2) is 5.69 Å². The molecule has 0 fully saturated rings. The molecule has 0 aliphatic carbocycles. The van der Waals surface area contributed by atoms with Crippen LogP contribution in [0.4, 0.5) is 4.39 Å². The van der Waals surface area contributed by atoms with Crippen LogP contribution in [0.2, 0.25) is 0 Å². The van der Waals surface area contributed by atoms with Crippen LogP contribution in [-0.2, 0) is 0 Å². The van der Waals surface area contributed by atoms with Gasteiger partial charge in [0.1, 0.15) is 11.6 Å². The number of aromatic nitrogens is 2. The molecular formula is C13H11BrFN3O2. The number of rotatable bonds is 3. The van der Waals surface area contributed by atoms with E-state index in [-0.39, 0.29) is 23.2 Å². The van der Waals surface area contributed by atoms with Crippen molar-refractivity contribution in [2.45, 2.75) is 0 Å². The van der Waals surface area contributed by atoms with Gasteiger partial charge >= 0.3 is 0 Å². The van der Waals surface area contributed by atoms with Crippen LogP contribution < -0.4 is 4.74 Å². The molecule has 0 radical (unpaired) electrons. The van der Waals surface area contributed by atoms with Crippen molar-refractivity contribution in [2.75, 3.05) is 14.1 Å². The minimum Gasteiger partial charge on any atom is -0.437 e. The molecule has 5 nitrogen and oxygen atoms in total. The Bertz CT molecular complexity index is 612. The fraction of sp³-hybridized carbons (Fsp3) is 0.154. The van der Waals surface area contributed by atoms with Gasteiger partial charge in [-0.1, -0.05) is 15.9 Å². The highest BCUT2D eigenvalue weighted by atomic mass is 79.9. The number of carbonyl (C=O) groups excluding carboxylic acids is 1. The second-order valence-corrected chi connectivity index (χ2v) is 5.08. The molecule has 1 amide bonds. The average molecular weight is 340 g/mol. The van der Waals surface area contributed by atoms with Crippen LogP contribution in [0.3, 0.4) is 0 Å². The van der Waals surface area contributed by atoms with E-state index in [1.807, 2.05) is 0 Å². The van der Waals surface area contributed by atoms with E-state index >= 15 is 0 Å². The molecule has 1 heterocycles. The van der Waals surface area contributed by atoms with Crippen molar-refractivity contribution in [3.63, 3.8) is 0 Å². The number of halogens is 2. The smallest absolute Gasteiger partial charge is 0.273 e. The van der Waals surface area contributed by atoms with E-state index in [0.717, 1.165) is 0 Å². The van der Waals surface area contributed by atoms with Crippen molar-refractivity contribution in [1.82, 2.24) is 15.1 Å². The molecule has 0 saturated heterocycles. The summed E-state index contributed by atoms with van der Waals surface area (Å²) in [6, 6.07) is 7.15. The summed E-state index contributed by atoms with van der Waals surface area (Å²) in [5.41, 5.74) is 0.211. The van der Waals surface area contributed by atoms with Crippen molar-refractivity contribution < 1.29 is 13.9 Å². The maximum absolute atomic E-state index is 13.2. The van der Waals surface area contributed by atoms with Crippen LogP contribution in [0.15, 0.2) is 34.8 Å². The van der Waals surface area contributed by atoms with Crippen molar-refractivity contribution >= 4 is 21.8 Å². The first-order valence-electron chi connectivity index (χ1n) is 5.65. The Hall–Kier alpha value is -2.02. The summed E-state index contributed by atoms with van der Waals surface area (Å²) < 4.78 is 19.1. The van der Waals surface area contributed by atoms with Crippen molar-refractivity contribution in [2.24, 2.45) is 0 Å². The van der Waals surface area contributed by atoms with Crippen LogP contribution in [0, 0.1) is 5.82 Å². The standard InChI is InChI=1S/C13H11BrFN3O2/c1-18(2)13(19)11-3-4-12(17-16-11)20-10-6-8(14)5-9(15)7-10/h3-7H,1-2H3. The Balaban J connectivity index is 2.16. The highest BCUT2D eigenvalue weighted by Crippen LogP contribution is 2.24. The molecule has 1 aromatic carbocycles. The SMILES string of the molecule is CN(C)C(=O)c1ccc(Oc2cc(F)cc(Br)c2)nn1. The molecule has 104 valence electrons. The second-order valence-electron chi connectivity index (χ2n) is 4.16. The highest BCUT2D eigenvalue weighted by Gasteiger charge is 2.11. The first kappa shape index (κ1) is 14.4. The zero-order valence-electron chi connectivity index (χ0n) is 10.8.